The van der Waals surface area contributed by atoms with Gasteiger partial charge in [0.2, 0.25) is 0 Å². The Balaban J connectivity index is 2.93. The van der Waals surface area contributed by atoms with Gasteiger partial charge in [0, 0.05) is 33.8 Å². The number of amides is 1. The molecule has 0 aromatic heterocycles. The number of hydrazine groups is 1. The van der Waals surface area contributed by atoms with E-state index in [0.29, 0.717) is 11.3 Å². The highest BCUT2D eigenvalue weighted by Crippen LogP contribution is 2.22. The SMILES string of the molecule is CN(C)NC(=O)c1ccc(N(C)C)c(N)c1. The second kappa shape index (κ2) is 4.85. The zero-order valence-electron chi connectivity index (χ0n) is 10.1. The monoisotopic (exact) mass is 222 g/mol. The summed E-state index contributed by atoms with van der Waals surface area (Å²) in [5, 5.41) is 1.60. The number of rotatable bonds is 3. The molecule has 16 heavy (non-hydrogen) atoms. The molecule has 0 aliphatic carbocycles. The van der Waals surface area contributed by atoms with E-state index in [0.717, 1.165) is 5.69 Å². The van der Waals surface area contributed by atoms with Gasteiger partial charge in [0.1, 0.15) is 0 Å². The molecule has 0 radical (unpaired) electrons. The van der Waals surface area contributed by atoms with E-state index < -0.39 is 0 Å². The third-order valence-electron chi connectivity index (χ3n) is 2.10. The van der Waals surface area contributed by atoms with Gasteiger partial charge in [0.25, 0.3) is 5.91 Å². The van der Waals surface area contributed by atoms with Crippen LogP contribution in [0.2, 0.25) is 0 Å². The van der Waals surface area contributed by atoms with Gasteiger partial charge < -0.3 is 10.6 Å². The van der Waals surface area contributed by atoms with Crippen molar-refractivity contribution in [3.8, 4) is 0 Å². The molecule has 3 N–H and O–H groups in total. The molecule has 0 saturated carbocycles. The van der Waals surface area contributed by atoms with Gasteiger partial charge >= 0.3 is 0 Å². The largest absolute Gasteiger partial charge is 0.397 e. The molecule has 88 valence electrons. The number of nitrogens with two attached hydrogens (primary N) is 1. The van der Waals surface area contributed by atoms with Crippen molar-refractivity contribution < 1.29 is 4.79 Å². The third kappa shape index (κ3) is 2.87. The second-order valence-electron chi connectivity index (χ2n) is 4.00. The summed E-state index contributed by atoms with van der Waals surface area (Å²) in [5.41, 5.74) is 10.6. The van der Waals surface area contributed by atoms with Crippen LogP contribution in [-0.4, -0.2) is 39.1 Å². The molecule has 0 spiro atoms. The number of hydrogen-bond acceptors (Lipinski definition) is 4. The van der Waals surface area contributed by atoms with E-state index in [1.807, 2.05) is 25.1 Å². The zero-order chi connectivity index (χ0) is 12.3. The highest BCUT2D eigenvalue weighted by atomic mass is 16.2. The maximum atomic E-state index is 11.7. The van der Waals surface area contributed by atoms with Crippen LogP contribution in [0.15, 0.2) is 18.2 Å². The second-order valence-corrected chi connectivity index (χ2v) is 4.00. The lowest BCUT2D eigenvalue weighted by Crippen LogP contribution is -2.36. The van der Waals surface area contributed by atoms with Crippen molar-refractivity contribution in [2.45, 2.75) is 0 Å². The van der Waals surface area contributed by atoms with E-state index in [4.69, 9.17) is 5.73 Å². The van der Waals surface area contributed by atoms with Gasteiger partial charge in [0.15, 0.2) is 0 Å². The van der Waals surface area contributed by atoms with Crippen molar-refractivity contribution in [1.82, 2.24) is 10.4 Å². The molecule has 0 unspecified atom stereocenters. The van der Waals surface area contributed by atoms with Crippen molar-refractivity contribution in [3.05, 3.63) is 23.8 Å². The molecule has 0 saturated heterocycles. The Labute approximate surface area is 95.8 Å². The average molecular weight is 222 g/mol. The topological polar surface area (TPSA) is 61.6 Å². The quantitative estimate of drug-likeness (QED) is 0.579. The molecule has 1 rings (SSSR count). The summed E-state index contributed by atoms with van der Waals surface area (Å²) in [5.74, 6) is -0.165. The molecule has 0 bridgehead atoms. The lowest BCUT2D eigenvalue weighted by atomic mass is 10.1. The molecule has 1 aromatic carbocycles. The van der Waals surface area contributed by atoms with Crippen LogP contribution in [0, 0.1) is 0 Å². The number of nitrogen functional groups attached to an aromatic ring is 1. The highest BCUT2D eigenvalue weighted by Gasteiger charge is 2.09. The molecule has 1 aromatic rings. The van der Waals surface area contributed by atoms with Crippen LogP contribution in [0.5, 0.6) is 0 Å². The molecule has 5 nitrogen and oxygen atoms in total. The molecule has 0 heterocycles. The van der Waals surface area contributed by atoms with Crippen LogP contribution in [-0.2, 0) is 0 Å². The van der Waals surface area contributed by atoms with Gasteiger partial charge in [-0.05, 0) is 18.2 Å². The summed E-state index contributed by atoms with van der Waals surface area (Å²) in [7, 11) is 7.33. The first-order valence-corrected chi connectivity index (χ1v) is 4.97. The molecular formula is C11H18N4O. The van der Waals surface area contributed by atoms with Gasteiger partial charge in [-0.1, -0.05) is 0 Å². The Hall–Kier alpha value is -1.75. The van der Waals surface area contributed by atoms with E-state index in [9.17, 15) is 4.79 Å². The fourth-order valence-corrected chi connectivity index (χ4v) is 1.37. The van der Waals surface area contributed by atoms with Crippen LogP contribution in [0.3, 0.4) is 0 Å². The summed E-state index contributed by atoms with van der Waals surface area (Å²) in [4.78, 5) is 13.6. The smallest absolute Gasteiger partial charge is 0.265 e. The number of nitrogens with zero attached hydrogens (tertiary/aromatic N) is 2. The molecule has 5 heteroatoms. The predicted octanol–water partition coefficient (Wildman–Crippen LogP) is 0.541. The summed E-state index contributed by atoms with van der Waals surface area (Å²) in [6, 6.07) is 5.26. The molecule has 0 atom stereocenters. The van der Waals surface area contributed by atoms with Gasteiger partial charge in [-0.15, -0.1) is 0 Å². The molecule has 0 aliphatic heterocycles. The maximum Gasteiger partial charge on any atom is 0.265 e. The fraction of sp³-hybridized carbons (Fsp3) is 0.364. The normalized spacial score (nSPS) is 10.3. The summed E-state index contributed by atoms with van der Waals surface area (Å²) in [6.07, 6.45) is 0. The average Bonchev–Trinajstić information content (AvgIpc) is 2.15. The minimum atomic E-state index is -0.165. The summed E-state index contributed by atoms with van der Waals surface area (Å²) in [6.45, 7) is 0. The highest BCUT2D eigenvalue weighted by molar-refractivity contribution is 5.95. The van der Waals surface area contributed by atoms with Crippen LogP contribution in [0.1, 0.15) is 10.4 Å². The van der Waals surface area contributed by atoms with Crippen LogP contribution in [0.25, 0.3) is 0 Å². The number of carbonyl (C=O) groups excluding carboxylic acids is 1. The fourth-order valence-electron chi connectivity index (χ4n) is 1.37. The predicted molar refractivity (Wildman–Crippen MR) is 66.3 cm³/mol. The Kier molecular flexibility index (Phi) is 3.73. The van der Waals surface area contributed by atoms with E-state index in [1.165, 1.54) is 0 Å². The lowest BCUT2D eigenvalue weighted by Gasteiger charge is -2.17. The number of nitrogens with one attached hydrogen (secondary N) is 1. The van der Waals surface area contributed by atoms with Crippen molar-refractivity contribution in [2.24, 2.45) is 0 Å². The molecule has 0 aliphatic rings. The third-order valence-corrected chi connectivity index (χ3v) is 2.10. The number of anilines is 2. The van der Waals surface area contributed by atoms with Crippen molar-refractivity contribution in [2.75, 3.05) is 38.8 Å². The maximum absolute atomic E-state index is 11.7. The van der Waals surface area contributed by atoms with E-state index in [1.54, 1.807) is 31.2 Å². The Bertz CT molecular complexity index is 388. The van der Waals surface area contributed by atoms with Gasteiger partial charge in [-0.3, -0.25) is 10.2 Å². The van der Waals surface area contributed by atoms with Crippen molar-refractivity contribution in [1.29, 1.82) is 0 Å². The van der Waals surface area contributed by atoms with E-state index >= 15 is 0 Å². The summed E-state index contributed by atoms with van der Waals surface area (Å²) < 4.78 is 0. The minimum Gasteiger partial charge on any atom is -0.397 e. The van der Waals surface area contributed by atoms with E-state index in [2.05, 4.69) is 5.43 Å². The number of carbonyl (C=O) groups is 1. The molecular weight excluding hydrogens is 204 g/mol. The van der Waals surface area contributed by atoms with Crippen LogP contribution in [0.4, 0.5) is 11.4 Å². The minimum absolute atomic E-state index is 0.165. The number of hydrogen-bond donors (Lipinski definition) is 2. The first-order chi connectivity index (χ1) is 7.41. The Morgan fingerprint density at radius 1 is 1.25 bits per heavy atom. The van der Waals surface area contributed by atoms with Crippen molar-refractivity contribution in [3.63, 3.8) is 0 Å². The molecule has 0 fully saturated rings. The zero-order valence-corrected chi connectivity index (χ0v) is 10.1. The Morgan fingerprint density at radius 2 is 1.88 bits per heavy atom. The van der Waals surface area contributed by atoms with Crippen LogP contribution >= 0.6 is 0 Å². The van der Waals surface area contributed by atoms with Crippen molar-refractivity contribution >= 4 is 17.3 Å². The Morgan fingerprint density at radius 3 is 2.31 bits per heavy atom. The van der Waals surface area contributed by atoms with Crippen LogP contribution < -0.4 is 16.1 Å². The van der Waals surface area contributed by atoms with E-state index in [-0.39, 0.29) is 5.91 Å². The standard InChI is InChI=1S/C11H18N4O/c1-14(2)10-6-5-8(7-9(10)12)11(16)13-15(3)4/h5-7H,12H2,1-4H3,(H,13,16). The first kappa shape index (κ1) is 12.3. The van der Waals surface area contributed by atoms with Gasteiger partial charge in [0.05, 0.1) is 11.4 Å². The number of benzene rings is 1. The lowest BCUT2D eigenvalue weighted by molar-refractivity contribution is 0.0857. The molecule has 1 amide bonds. The van der Waals surface area contributed by atoms with Gasteiger partial charge in [-0.2, -0.15) is 0 Å². The first-order valence-electron chi connectivity index (χ1n) is 4.97. The van der Waals surface area contributed by atoms with Gasteiger partial charge in [-0.25, -0.2) is 5.01 Å². The summed E-state index contributed by atoms with van der Waals surface area (Å²) >= 11 is 0.